The van der Waals surface area contributed by atoms with Gasteiger partial charge in [-0.3, -0.25) is 19.7 Å². The molecule has 8 heteroatoms. The van der Waals surface area contributed by atoms with E-state index in [1.807, 2.05) is 24.3 Å². The first-order valence-electron chi connectivity index (χ1n) is 8.90. The van der Waals surface area contributed by atoms with Gasteiger partial charge < -0.3 is 5.32 Å². The summed E-state index contributed by atoms with van der Waals surface area (Å²) >= 11 is 0. The van der Waals surface area contributed by atoms with Crippen molar-refractivity contribution < 1.29 is 14.5 Å². The van der Waals surface area contributed by atoms with E-state index in [2.05, 4.69) is 15.8 Å². The van der Waals surface area contributed by atoms with Crippen LogP contribution in [-0.4, -0.2) is 22.4 Å². The molecule has 0 aliphatic heterocycles. The van der Waals surface area contributed by atoms with Crippen LogP contribution in [0, 0.1) is 16.0 Å². The molecular formula is C20H20N4O4. The standard InChI is InChI=1S/C20H20N4O4/c1-13(16-3-2-4-17(12-16)21-20(26)15-7-8-15)22-23-19(25)11-14-5-9-18(10-6-14)24(27)28/h2-6,9-10,12,15H,7-8,11H2,1H3,(H,21,26)(H,23,25). The fourth-order valence-corrected chi connectivity index (χ4v) is 2.58. The van der Waals surface area contributed by atoms with Gasteiger partial charge in [0.15, 0.2) is 0 Å². The molecule has 0 radical (unpaired) electrons. The van der Waals surface area contributed by atoms with Crippen molar-refractivity contribution in [2.75, 3.05) is 5.32 Å². The molecule has 0 heterocycles. The van der Waals surface area contributed by atoms with Crippen LogP contribution in [0.3, 0.4) is 0 Å². The van der Waals surface area contributed by atoms with Crippen molar-refractivity contribution in [3.8, 4) is 0 Å². The van der Waals surface area contributed by atoms with Crippen molar-refractivity contribution in [2.45, 2.75) is 26.2 Å². The molecule has 0 atom stereocenters. The third-order valence-corrected chi connectivity index (χ3v) is 4.36. The van der Waals surface area contributed by atoms with Crippen LogP contribution in [0.25, 0.3) is 0 Å². The predicted octanol–water partition coefficient (Wildman–Crippen LogP) is 3.03. The second-order valence-corrected chi connectivity index (χ2v) is 6.68. The van der Waals surface area contributed by atoms with Crippen LogP contribution in [0.1, 0.15) is 30.9 Å². The number of hydrazone groups is 1. The van der Waals surface area contributed by atoms with Crippen LogP contribution in [-0.2, 0) is 16.0 Å². The second kappa shape index (κ2) is 8.43. The molecule has 28 heavy (non-hydrogen) atoms. The van der Waals surface area contributed by atoms with Crippen molar-refractivity contribution in [1.82, 2.24) is 5.43 Å². The fourth-order valence-electron chi connectivity index (χ4n) is 2.58. The van der Waals surface area contributed by atoms with Gasteiger partial charge in [0.05, 0.1) is 17.1 Å². The first-order chi connectivity index (χ1) is 13.4. The molecule has 2 aromatic carbocycles. The number of amides is 2. The van der Waals surface area contributed by atoms with E-state index in [1.165, 1.54) is 12.1 Å². The number of rotatable bonds is 7. The number of carbonyl (C=O) groups excluding carboxylic acids is 2. The molecule has 1 aliphatic carbocycles. The highest BCUT2D eigenvalue weighted by Gasteiger charge is 2.29. The van der Waals surface area contributed by atoms with Gasteiger partial charge in [-0.15, -0.1) is 0 Å². The van der Waals surface area contributed by atoms with Gasteiger partial charge in [0.2, 0.25) is 11.8 Å². The van der Waals surface area contributed by atoms with E-state index in [0.29, 0.717) is 17.0 Å². The minimum absolute atomic E-state index is 0.0216. The van der Waals surface area contributed by atoms with E-state index in [9.17, 15) is 19.7 Å². The summed E-state index contributed by atoms with van der Waals surface area (Å²) in [5.41, 5.74) is 5.19. The molecule has 0 saturated heterocycles. The van der Waals surface area contributed by atoms with Crippen molar-refractivity contribution in [1.29, 1.82) is 0 Å². The number of carbonyl (C=O) groups is 2. The first-order valence-corrected chi connectivity index (χ1v) is 8.90. The third-order valence-electron chi connectivity index (χ3n) is 4.36. The van der Waals surface area contributed by atoms with Crippen LogP contribution < -0.4 is 10.7 Å². The third kappa shape index (κ3) is 5.23. The van der Waals surface area contributed by atoms with Crippen LogP contribution in [0.4, 0.5) is 11.4 Å². The maximum Gasteiger partial charge on any atom is 0.269 e. The van der Waals surface area contributed by atoms with E-state index in [4.69, 9.17) is 0 Å². The van der Waals surface area contributed by atoms with Gasteiger partial charge in [0.1, 0.15) is 0 Å². The zero-order valence-corrected chi connectivity index (χ0v) is 15.3. The van der Waals surface area contributed by atoms with Crippen LogP contribution in [0.5, 0.6) is 0 Å². The average Bonchev–Trinajstić information content (AvgIpc) is 3.52. The molecule has 2 N–H and O–H groups in total. The summed E-state index contributed by atoms with van der Waals surface area (Å²) in [7, 11) is 0. The normalized spacial score (nSPS) is 13.7. The van der Waals surface area contributed by atoms with Gasteiger partial charge in [-0.05, 0) is 43.0 Å². The highest BCUT2D eigenvalue weighted by atomic mass is 16.6. The fraction of sp³-hybridized carbons (Fsp3) is 0.250. The average molecular weight is 380 g/mol. The Morgan fingerprint density at radius 3 is 2.54 bits per heavy atom. The Morgan fingerprint density at radius 1 is 1.18 bits per heavy atom. The van der Waals surface area contributed by atoms with Crippen molar-refractivity contribution >= 4 is 28.9 Å². The lowest BCUT2D eigenvalue weighted by molar-refractivity contribution is -0.384. The van der Waals surface area contributed by atoms with Gasteiger partial charge >= 0.3 is 0 Å². The molecule has 0 spiro atoms. The van der Waals surface area contributed by atoms with Crippen molar-refractivity contribution in [3.05, 3.63) is 69.8 Å². The lowest BCUT2D eigenvalue weighted by Crippen LogP contribution is -2.21. The monoisotopic (exact) mass is 380 g/mol. The van der Waals surface area contributed by atoms with Gasteiger partial charge in [0, 0.05) is 23.7 Å². The molecule has 1 aliphatic rings. The number of benzene rings is 2. The number of nitro groups is 1. The van der Waals surface area contributed by atoms with Crippen LogP contribution in [0.15, 0.2) is 53.6 Å². The summed E-state index contributed by atoms with van der Waals surface area (Å²) in [4.78, 5) is 34.1. The smallest absolute Gasteiger partial charge is 0.269 e. The highest BCUT2D eigenvalue weighted by Crippen LogP contribution is 2.30. The maximum absolute atomic E-state index is 12.1. The molecule has 0 bridgehead atoms. The zero-order chi connectivity index (χ0) is 20.1. The molecule has 8 nitrogen and oxygen atoms in total. The molecule has 0 unspecified atom stereocenters. The minimum atomic E-state index is -0.487. The predicted molar refractivity (Wildman–Crippen MR) is 105 cm³/mol. The molecule has 0 aromatic heterocycles. The summed E-state index contributed by atoms with van der Waals surface area (Å²) in [6.07, 6.45) is 1.94. The molecule has 1 fully saturated rings. The summed E-state index contributed by atoms with van der Waals surface area (Å²) < 4.78 is 0. The van der Waals surface area contributed by atoms with Gasteiger partial charge in [0.25, 0.3) is 5.69 Å². The lowest BCUT2D eigenvalue weighted by atomic mass is 10.1. The van der Waals surface area contributed by atoms with Gasteiger partial charge in [-0.2, -0.15) is 5.10 Å². The van der Waals surface area contributed by atoms with E-state index in [0.717, 1.165) is 18.4 Å². The van der Waals surface area contributed by atoms with Crippen LogP contribution in [0.2, 0.25) is 0 Å². The Morgan fingerprint density at radius 2 is 1.89 bits per heavy atom. The van der Waals surface area contributed by atoms with Crippen LogP contribution >= 0.6 is 0 Å². The Balaban J connectivity index is 1.57. The quantitative estimate of drug-likeness (QED) is 0.436. The summed E-state index contributed by atoms with van der Waals surface area (Å²) in [5.74, 6) is -0.174. The molecule has 144 valence electrons. The molecule has 1 saturated carbocycles. The SMILES string of the molecule is CC(=NNC(=O)Cc1ccc([N+](=O)[O-])cc1)c1cccc(NC(=O)C2CC2)c1. The number of anilines is 1. The topological polar surface area (TPSA) is 114 Å². The summed E-state index contributed by atoms with van der Waals surface area (Å²) in [5, 5.41) is 17.6. The summed E-state index contributed by atoms with van der Waals surface area (Å²) in [6.45, 7) is 1.76. The number of nitro benzene ring substituents is 1. The first kappa shape index (κ1) is 19.2. The zero-order valence-electron chi connectivity index (χ0n) is 15.3. The molecule has 2 aromatic rings. The Hall–Kier alpha value is -3.55. The van der Waals surface area contributed by atoms with E-state index >= 15 is 0 Å². The second-order valence-electron chi connectivity index (χ2n) is 6.68. The Bertz CT molecular complexity index is 933. The van der Waals surface area contributed by atoms with E-state index in [-0.39, 0.29) is 29.8 Å². The largest absolute Gasteiger partial charge is 0.326 e. The number of hydrogen-bond acceptors (Lipinski definition) is 5. The van der Waals surface area contributed by atoms with E-state index in [1.54, 1.807) is 19.1 Å². The summed E-state index contributed by atoms with van der Waals surface area (Å²) in [6, 6.07) is 13.1. The number of hydrogen-bond donors (Lipinski definition) is 2. The number of nitrogens with zero attached hydrogens (tertiary/aromatic N) is 2. The van der Waals surface area contributed by atoms with Crippen molar-refractivity contribution in [3.63, 3.8) is 0 Å². The highest BCUT2D eigenvalue weighted by molar-refractivity contribution is 6.01. The molecule has 2 amide bonds. The Labute approximate surface area is 161 Å². The minimum Gasteiger partial charge on any atom is -0.326 e. The number of nitrogens with one attached hydrogen (secondary N) is 2. The van der Waals surface area contributed by atoms with Gasteiger partial charge in [-0.1, -0.05) is 24.3 Å². The maximum atomic E-state index is 12.1. The van der Waals surface area contributed by atoms with Gasteiger partial charge in [-0.25, -0.2) is 5.43 Å². The van der Waals surface area contributed by atoms with E-state index < -0.39 is 4.92 Å². The van der Waals surface area contributed by atoms with Crippen molar-refractivity contribution in [2.24, 2.45) is 11.0 Å². The lowest BCUT2D eigenvalue weighted by Gasteiger charge is -2.07. The molecule has 3 rings (SSSR count). The molecular weight excluding hydrogens is 360 g/mol. The number of non-ortho nitro benzene ring substituents is 1. The Kier molecular flexibility index (Phi) is 5.78.